The third kappa shape index (κ3) is 4.02. The maximum Gasteiger partial charge on any atom is 0.0663 e. The maximum atomic E-state index is 5.17. The quantitative estimate of drug-likeness (QED) is 0.745. The Labute approximate surface area is 122 Å². The van der Waals surface area contributed by atoms with Gasteiger partial charge in [-0.1, -0.05) is 22.9 Å². The van der Waals surface area contributed by atoms with Crippen molar-refractivity contribution in [1.29, 1.82) is 0 Å². The molecule has 1 aromatic rings. The van der Waals surface area contributed by atoms with Crippen molar-refractivity contribution in [1.82, 2.24) is 0 Å². The molecule has 0 radical (unpaired) electrons. The fraction of sp³-hybridized carbons (Fsp3) is 0.455. The van der Waals surface area contributed by atoms with Gasteiger partial charge in [0.05, 0.1) is 12.3 Å². The Morgan fingerprint density at radius 1 is 1.25 bits per heavy atom. The molecule has 90 valence electrons. The second-order valence-electron chi connectivity index (χ2n) is 3.45. The van der Waals surface area contributed by atoms with Crippen LogP contribution in [0.25, 0.3) is 0 Å². The van der Waals surface area contributed by atoms with Crippen LogP contribution >= 0.6 is 47.8 Å². The molecular formula is C11H14Br3NO. The van der Waals surface area contributed by atoms with Crippen LogP contribution in [0, 0.1) is 0 Å². The summed E-state index contributed by atoms with van der Waals surface area (Å²) in [6.07, 6.45) is 1.02. The number of nitrogens with one attached hydrogen (secondary N) is 1. The van der Waals surface area contributed by atoms with E-state index in [1.165, 1.54) is 0 Å². The van der Waals surface area contributed by atoms with Gasteiger partial charge in [-0.15, -0.1) is 0 Å². The highest BCUT2D eigenvalue weighted by Gasteiger charge is 2.11. The molecule has 0 aliphatic carbocycles. The van der Waals surface area contributed by atoms with E-state index in [0.29, 0.717) is 12.6 Å². The maximum absolute atomic E-state index is 5.17. The molecule has 0 aliphatic heterocycles. The summed E-state index contributed by atoms with van der Waals surface area (Å²) in [5.74, 6) is 0. The molecule has 1 rings (SSSR count). The molecule has 2 nitrogen and oxygen atoms in total. The van der Waals surface area contributed by atoms with Gasteiger partial charge in [-0.2, -0.15) is 0 Å². The topological polar surface area (TPSA) is 21.3 Å². The SMILES string of the molecule is CCC(COC)Nc1c(Br)cc(Br)cc1Br. The highest BCUT2D eigenvalue weighted by atomic mass is 79.9. The first-order valence-corrected chi connectivity index (χ1v) is 7.36. The van der Waals surface area contributed by atoms with Gasteiger partial charge >= 0.3 is 0 Å². The lowest BCUT2D eigenvalue weighted by Crippen LogP contribution is -2.24. The Hall–Kier alpha value is 0.420. The lowest BCUT2D eigenvalue weighted by molar-refractivity contribution is 0.184. The summed E-state index contributed by atoms with van der Waals surface area (Å²) in [6, 6.07) is 4.36. The highest BCUT2D eigenvalue weighted by molar-refractivity contribution is 9.11. The Kier molecular flexibility index (Phi) is 6.32. The molecule has 0 aromatic heterocycles. The number of halogens is 3. The van der Waals surface area contributed by atoms with Crippen LogP contribution in [0.1, 0.15) is 13.3 Å². The molecule has 16 heavy (non-hydrogen) atoms. The lowest BCUT2D eigenvalue weighted by Gasteiger charge is -2.19. The second-order valence-corrected chi connectivity index (χ2v) is 6.07. The molecule has 1 atom stereocenters. The van der Waals surface area contributed by atoms with Crippen molar-refractivity contribution in [2.24, 2.45) is 0 Å². The van der Waals surface area contributed by atoms with E-state index in [1.54, 1.807) is 7.11 Å². The van der Waals surface area contributed by atoms with E-state index in [-0.39, 0.29) is 0 Å². The first-order valence-electron chi connectivity index (χ1n) is 4.98. The van der Waals surface area contributed by atoms with Crippen LogP contribution < -0.4 is 5.32 Å². The van der Waals surface area contributed by atoms with E-state index in [4.69, 9.17) is 4.74 Å². The summed E-state index contributed by atoms with van der Waals surface area (Å²) in [7, 11) is 1.72. The van der Waals surface area contributed by atoms with Crippen molar-refractivity contribution in [2.45, 2.75) is 19.4 Å². The fourth-order valence-electron chi connectivity index (χ4n) is 1.35. The van der Waals surface area contributed by atoms with E-state index in [9.17, 15) is 0 Å². The standard InChI is InChI=1S/C11H14Br3NO/c1-3-8(6-16-2)15-11-9(13)4-7(12)5-10(11)14/h4-5,8,15H,3,6H2,1-2H3. The number of methoxy groups -OCH3 is 1. The van der Waals surface area contributed by atoms with Crippen molar-refractivity contribution in [3.63, 3.8) is 0 Å². The van der Waals surface area contributed by atoms with Gasteiger partial charge in [-0.3, -0.25) is 0 Å². The van der Waals surface area contributed by atoms with Crippen LogP contribution in [-0.2, 0) is 4.74 Å². The molecule has 1 N–H and O–H groups in total. The van der Waals surface area contributed by atoms with Crippen LogP contribution in [0.15, 0.2) is 25.6 Å². The fourth-order valence-corrected chi connectivity index (χ4v) is 3.83. The van der Waals surface area contributed by atoms with Gasteiger partial charge in [0.1, 0.15) is 0 Å². The summed E-state index contributed by atoms with van der Waals surface area (Å²) in [4.78, 5) is 0. The summed E-state index contributed by atoms with van der Waals surface area (Å²) in [5, 5.41) is 3.45. The minimum Gasteiger partial charge on any atom is -0.383 e. The molecule has 0 bridgehead atoms. The van der Waals surface area contributed by atoms with Crippen LogP contribution in [0.5, 0.6) is 0 Å². The van der Waals surface area contributed by atoms with E-state index < -0.39 is 0 Å². The predicted molar refractivity (Wildman–Crippen MR) is 79.1 cm³/mol. The smallest absolute Gasteiger partial charge is 0.0663 e. The average Bonchev–Trinajstić information content (AvgIpc) is 2.21. The van der Waals surface area contributed by atoms with Crippen molar-refractivity contribution < 1.29 is 4.74 Å². The summed E-state index contributed by atoms with van der Waals surface area (Å²) in [5.41, 5.74) is 1.06. The molecule has 0 spiro atoms. The van der Waals surface area contributed by atoms with Gasteiger partial charge in [0.2, 0.25) is 0 Å². The van der Waals surface area contributed by atoms with E-state index in [2.05, 4.69) is 60.0 Å². The molecule has 0 heterocycles. The Morgan fingerprint density at radius 2 is 1.81 bits per heavy atom. The Bertz CT molecular complexity index is 334. The predicted octanol–water partition coefficient (Wildman–Crippen LogP) is 4.81. The van der Waals surface area contributed by atoms with Crippen LogP contribution in [0.3, 0.4) is 0 Å². The first-order chi connectivity index (χ1) is 7.58. The minimum atomic E-state index is 0.318. The number of hydrogen-bond acceptors (Lipinski definition) is 2. The van der Waals surface area contributed by atoms with Crippen LogP contribution in [0.2, 0.25) is 0 Å². The van der Waals surface area contributed by atoms with E-state index >= 15 is 0 Å². The highest BCUT2D eigenvalue weighted by Crippen LogP contribution is 2.34. The summed E-state index contributed by atoms with van der Waals surface area (Å²) < 4.78 is 8.27. The first kappa shape index (κ1) is 14.5. The molecule has 1 unspecified atom stereocenters. The zero-order valence-corrected chi connectivity index (χ0v) is 13.9. The molecule has 0 aliphatic rings. The Balaban J connectivity index is 2.87. The number of anilines is 1. The zero-order valence-electron chi connectivity index (χ0n) is 9.19. The third-order valence-electron chi connectivity index (χ3n) is 2.22. The van der Waals surface area contributed by atoms with Gasteiger partial charge in [0.15, 0.2) is 0 Å². The van der Waals surface area contributed by atoms with Gasteiger partial charge < -0.3 is 10.1 Å². The number of ether oxygens (including phenoxy) is 1. The molecule has 0 fully saturated rings. The minimum absolute atomic E-state index is 0.318. The molecule has 0 saturated carbocycles. The van der Waals surface area contributed by atoms with Crippen molar-refractivity contribution >= 4 is 53.5 Å². The Morgan fingerprint density at radius 3 is 2.25 bits per heavy atom. The molecule has 1 aromatic carbocycles. The van der Waals surface area contributed by atoms with E-state index in [1.807, 2.05) is 12.1 Å². The van der Waals surface area contributed by atoms with Crippen LogP contribution in [-0.4, -0.2) is 19.8 Å². The summed E-state index contributed by atoms with van der Waals surface area (Å²) in [6.45, 7) is 2.84. The van der Waals surface area contributed by atoms with Crippen molar-refractivity contribution in [3.05, 3.63) is 25.6 Å². The molecule has 0 amide bonds. The van der Waals surface area contributed by atoms with Gasteiger partial charge in [0, 0.05) is 26.6 Å². The van der Waals surface area contributed by atoms with Gasteiger partial charge in [-0.05, 0) is 50.4 Å². The number of hydrogen-bond donors (Lipinski definition) is 1. The number of rotatable bonds is 5. The van der Waals surface area contributed by atoms with Gasteiger partial charge in [-0.25, -0.2) is 0 Å². The largest absolute Gasteiger partial charge is 0.383 e. The normalized spacial score (nSPS) is 12.6. The zero-order chi connectivity index (χ0) is 12.1. The number of benzene rings is 1. The van der Waals surface area contributed by atoms with Crippen molar-refractivity contribution in [3.8, 4) is 0 Å². The third-order valence-corrected chi connectivity index (χ3v) is 3.92. The van der Waals surface area contributed by atoms with E-state index in [0.717, 1.165) is 25.5 Å². The lowest BCUT2D eigenvalue weighted by atomic mass is 10.2. The molecular weight excluding hydrogens is 402 g/mol. The molecule has 5 heteroatoms. The van der Waals surface area contributed by atoms with Crippen molar-refractivity contribution in [2.75, 3.05) is 19.0 Å². The monoisotopic (exact) mass is 413 g/mol. The average molecular weight is 416 g/mol. The van der Waals surface area contributed by atoms with Crippen LogP contribution in [0.4, 0.5) is 5.69 Å². The molecule has 0 saturated heterocycles. The summed E-state index contributed by atoms with van der Waals surface area (Å²) >= 11 is 10.5. The second kappa shape index (κ2) is 6.99. The van der Waals surface area contributed by atoms with Gasteiger partial charge in [0.25, 0.3) is 0 Å².